The molecule has 1 aliphatic carbocycles. The molecule has 0 bridgehead atoms. The van der Waals surface area contributed by atoms with E-state index < -0.39 is 5.41 Å². The summed E-state index contributed by atoms with van der Waals surface area (Å²) in [5.74, 6) is 0. The van der Waals surface area contributed by atoms with E-state index in [-0.39, 0.29) is 0 Å². The van der Waals surface area contributed by atoms with Crippen molar-refractivity contribution in [2.75, 3.05) is 9.80 Å². The van der Waals surface area contributed by atoms with E-state index in [1.807, 2.05) is 0 Å². The number of benzene rings is 9. The van der Waals surface area contributed by atoms with E-state index in [0.717, 1.165) is 22.7 Å². The molecule has 0 aromatic heterocycles. The molecule has 0 saturated carbocycles. The maximum atomic E-state index is 2.49. The van der Waals surface area contributed by atoms with Crippen LogP contribution in [-0.2, 0) is 5.41 Å². The summed E-state index contributed by atoms with van der Waals surface area (Å²) in [6, 6.07) is 84.2. The Morgan fingerprint density at radius 1 is 0.316 bits per heavy atom. The third kappa shape index (κ3) is 4.97. The smallest absolute Gasteiger partial charge is 0.0755 e. The first kappa shape index (κ1) is 33.0. The fourth-order valence-corrected chi connectivity index (χ4v) is 9.65. The monoisotopic (exact) mass is 726 g/mol. The van der Waals surface area contributed by atoms with Crippen molar-refractivity contribution in [1.82, 2.24) is 0 Å². The topological polar surface area (TPSA) is 6.48 Å². The van der Waals surface area contributed by atoms with Crippen LogP contribution in [0, 0.1) is 0 Å². The number of rotatable bonds is 6. The Morgan fingerprint density at radius 3 is 1.47 bits per heavy atom. The summed E-state index contributed by atoms with van der Waals surface area (Å²) in [7, 11) is 0. The first-order valence-electron chi connectivity index (χ1n) is 19.7. The number of fused-ring (bicyclic) bond motifs is 9. The molecule has 57 heavy (non-hydrogen) atoms. The summed E-state index contributed by atoms with van der Waals surface area (Å²) in [6.45, 7) is 0. The fraction of sp³-hybridized carbons (Fsp3) is 0.0182. The summed E-state index contributed by atoms with van der Waals surface area (Å²) in [6.07, 6.45) is 0. The second kappa shape index (κ2) is 13.4. The van der Waals surface area contributed by atoms with Gasteiger partial charge in [-0.25, -0.2) is 0 Å². The molecule has 0 atom stereocenters. The molecule has 0 amide bonds. The highest BCUT2D eigenvalue weighted by Gasteiger charge is 2.52. The zero-order valence-corrected chi connectivity index (χ0v) is 31.3. The van der Waals surface area contributed by atoms with Crippen LogP contribution in [0.15, 0.2) is 231 Å². The van der Waals surface area contributed by atoms with Gasteiger partial charge in [0.15, 0.2) is 0 Å². The van der Waals surface area contributed by atoms with Crippen LogP contribution in [0.5, 0.6) is 0 Å². The van der Waals surface area contributed by atoms with Gasteiger partial charge in [0.2, 0.25) is 0 Å². The van der Waals surface area contributed by atoms with E-state index in [1.165, 1.54) is 67.0 Å². The molecule has 2 aliphatic rings. The first-order chi connectivity index (χ1) is 28.3. The van der Waals surface area contributed by atoms with E-state index in [4.69, 9.17) is 0 Å². The molecule has 2 nitrogen and oxygen atoms in total. The Hall–Kier alpha value is -7.42. The van der Waals surface area contributed by atoms with E-state index in [1.54, 1.807) is 0 Å². The minimum atomic E-state index is -0.553. The number of nitrogens with zero attached hydrogens (tertiary/aromatic N) is 2. The lowest BCUT2D eigenvalue weighted by atomic mass is 9.64. The predicted molar refractivity (Wildman–Crippen MR) is 238 cm³/mol. The largest absolute Gasteiger partial charge is 0.310 e. The maximum absolute atomic E-state index is 2.49. The summed E-state index contributed by atoms with van der Waals surface area (Å²) in [4.78, 5) is 4.93. The van der Waals surface area contributed by atoms with E-state index in [9.17, 15) is 0 Å². The maximum Gasteiger partial charge on any atom is 0.0755 e. The molecule has 268 valence electrons. The van der Waals surface area contributed by atoms with Crippen LogP contribution in [0.2, 0.25) is 0 Å². The van der Waals surface area contributed by atoms with Gasteiger partial charge < -0.3 is 9.80 Å². The van der Waals surface area contributed by atoms with Crippen LogP contribution in [0.4, 0.5) is 34.1 Å². The van der Waals surface area contributed by atoms with Crippen LogP contribution >= 0.6 is 0 Å². The normalized spacial score (nSPS) is 13.0. The van der Waals surface area contributed by atoms with Crippen LogP contribution in [0.3, 0.4) is 0 Å². The third-order valence-corrected chi connectivity index (χ3v) is 11.9. The van der Waals surface area contributed by atoms with Crippen LogP contribution < -0.4 is 9.80 Å². The molecule has 1 spiro atoms. The number of hydrogen-bond donors (Lipinski definition) is 0. The summed E-state index contributed by atoms with van der Waals surface area (Å²) < 4.78 is 0. The molecule has 11 rings (SSSR count). The third-order valence-electron chi connectivity index (χ3n) is 11.9. The second-order valence-electron chi connectivity index (χ2n) is 14.8. The average molecular weight is 727 g/mol. The van der Waals surface area contributed by atoms with Crippen molar-refractivity contribution in [3.63, 3.8) is 0 Å². The van der Waals surface area contributed by atoms with E-state index in [0.29, 0.717) is 0 Å². The molecular formula is C55H38N2. The minimum Gasteiger partial charge on any atom is -0.310 e. The lowest BCUT2D eigenvalue weighted by molar-refractivity contribution is 0.752. The molecule has 0 N–H and O–H groups in total. The van der Waals surface area contributed by atoms with E-state index in [2.05, 4.69) is 240 Å². The fourth-order valence-electron chi connectivity index (χ4n) is 9.65. The number of para-hydroxylation sites is 5. The van der Waals surface area contributed by atoms with Crippen molar-refractivity contribution in [2.24, 2.45) is 0 Å². The van der Waals surface area contributed by atoms with Crippen LogP contribution in [0.1, 0.15) is 22.3 Å². The minimum absolute atomic E-state index is 0.553. The average Bonchev–Trinajstić information content (AvgIpc) is 3.59. The molecule has 9 aromatic carbocycles. The Kier molecular flexibility index (Phi) is 7.75. The molecule has 0 radical (unpaired) electrons. The van der Waals surface area contributed by atoms with Gasteiger partial charge in [-0.2, -0.15) is 0 Å². The highest BCUT2D eigenvalue weighted by molar-refractivity contribution is 6.03. The molecule has 0 fully saturated rings. The van der Waals surface area contributed by atoms with Crippen molar-refractivity contribution < 1.29 is 0 Å². The quantitative estimate of drug-likeness (QED) is 0.168. The highest BCUT2D eigenvalue weighted by Crippen LogP contribution is 2.65. The zero-order chi connectivity index (χ0) is 37.8. The summed E-state index contributed by atoms with van der Waals surface area (Å²) in [5, 5.41) is 0. The molecule has 9 aromatic rings. The first-order valence-corrected chi connectivity index (χ1v) is 19.7. The summed E-state index contributed by atoms with van der Waals surface area (Å²) in [5.41, 5.74) is 18.8. The van der Waals surface area contributed by atoms with Gasteiger partial charge in [-0.15, -0.1) is 0 Å². The molecular weight excluding hydrogens is 689 g/mol. The number of hydrogen-bond acceptors (Lipinski definition) is 2. The Bertz CT molecular complexity index is 2870. The molecule has 1 aliphatic heterocycles. The number of anilines is 6. The van der Waals surface area contributed by atoms with Crippen molar-refractivity contribution >= 4 is 34.1 Å². The van der Waals surface area contributed by atoms with Gasteiger partial charge in [0, 0.05) is 22.5 Å². The van der Waals surface area contributed by atoms with Gasteiger partial charge in [-0.3, -0.25) is 0 Å². The Morgan fingerprint density at radius 2 is 0.789 bits per heavy atom. The van der Waals surface area contributed by atoms with Gasteiger partial charge >= 0.3 is 0 Å². The predicted octanol–water partition coefficient (Wildman–Crippen LogP) is 14.6. The van der Waals surface area contributed by atoms with Crippen molar-refractivity contribution in [2.45, 2.75) is 5.41 Å². The van der Waals surface area contributed by atoms with Crippen molar-refractivity contribution in [3.8, 4) is 33.4 Å². The second-order valence-corrected chi connectivity index (χ2v) is 14.8. The van der Waals surface area contributed by atoms with Crippen molar-refractivity contribution in [1.29, 1.82) is 0 Å². The van der Waals surface area contributed by atoms with Gasteiger partial charge in [0.25, 0.3) is 0 Å². The van der Waals surface area contributed by atoms with E-state index >= 15 is 0 Å². The van der Waals surface area contributed by atoms with Gasteiger partial charge in [-0.1, -0.05) is 182 Å². The highest BCUT2D eigenvalue weighted by atomic mass is 15.2. The van der Waals surface area contributed by atoms with Gasteiger partial charge in [-0.05, 0) is 93.0 Å². The summed E-state index contributed by atoms with van der Waals surface area (Å²) >= 11 is 0. The molecule has 2 heteroatoms. The Balaban J connectivity index is 1.21. The molecule has 0 saturated heterocycles. The SMILES string of the molecule is c1ccc(-c2ccccc2-c2ccccc2N(c2ccccc2)c2cccc3c2-c2ccccc2C32c3ccccc3N(c3ccccc3)c3ccccc32)cc1. The van der Waals surface area contributed by atoms with Crippen LogP contribution in [0.25, 0.3) is 33.4 Å². The molecule has 1 heterocycles. The Labute approximate surface area is 334 Å². The van der Waals surface area contributed by atoms with Gasteiger partial charge in [0.05, 0.1) is 28.2 Å². The standard InChI is InChI=1S/C55H38N2/c1-4-21-39(22-5-1)42-27-10-11-28-43(42)44-29-13-17-35-50(44)56(40-23-6-2-7-24-40)53-38-20-34-49-54(53)45-30-12-14-31-46(45)55(49)47-32-15-18-36-51(47)57(41-25-8-3-9-26-41)52-37-19-16-33-48(52)55/h1-38H. The molecule has 0 unspecified atom stereocenters. The zero-order valence-electron chi connectivity index (χ0n) is 31.3. The van der Waals surface area contributed by atoms with Gasteiger partial charge in [0.1, 0.15) is 0 Å². The van der Waals surface area contributed by atoms with Crippen LogP contribution in [-0.4, -0.2) is 0 Å². The lowest BCUT2D eigenvalue weighted by Crippen LogP contribution is -2.36. The lowest BCUT2D eigenvalue weighted by Gasteiger charge is -2.45. The van der Waals surface area contributed by atoms with Crippen molar-refractivity contribution in [3.05, 3.63) is 253 Å².